The number of alkyl halides is 5. The Hall–Kier alpha value is -5.07. The maximum atomic E-state index is 15.1. The minimum atomic E-state index is -5.16. The Bertz CT molecular complexity index is 1910. The van der Waals surface area contributed by atoms with E-state index in [1.807, 2.05) is 0 Å². The van der Waals surface area contributed by atoms with Crippen LogP contribution in [-0.4, -0.2) is 16.3 Å². The lowest BCUT2D eigenvalue weighted by atomic mass is 10.0. The van der Waals surface area contributed by atoms with E-state index in [-0.39, 0.29) is 28.1 Å². The highest BCUT2D eigenvalue weighted by atomic mass is 19.4. The standard InChI is InChI=1S/C35H25F9N2O2/c1-2-3-4-5-20-18-45-33(46-19-20)23-6-10-25(28(36)16-23)21-7-12-27(30(38)14-21)34(40,41)47-24-9-11-26(29(37)17-24)22-8-13-32(31(39)15-22)48-35(42,43)44/h6-19H,2-5H2,1H3. The second kappa shape index (κ2) is 14.0. The fourth-order valence-electron chi connectivity index (χ4n) is 4.89. The molecule has 1 heterocycles. The molecule has 0 radical (unpaired) electrons. The van der Waals surface area contributed by atoms with Crippen LogP contribution < -0.4 is 9.47 Å². The fourth-order valence-corrected chi connectivity index (χ4v) is 4.89. The number of hydrogen-bond donors (Lipinski definition) is 0. The number of benzene rings is 4. The van der Waals surface area contributed by atoms with Gasteiger partial charge in [0, 0.05) is 35.2 Å². The molecule has 0 atom stereocenters. The Morgan fingerprint density at radius 2 is 1.19 bits per heavy atom. The first-order chi connectivity index (χ1) is 22.7. The number of aromatic nitrogens is 2. The first kappa shape index (κ1) is 34.3. The van der Waals surface area contributed by atoms with E-state index in [9.17, 15) is 22.0 Å². The summed E-state index contributed by atoms with van der Waals surface area (Å²) in [4.78, 5) is 8.58. The third-order valence-electron chi connectivity index (χ3n) is 7.25. The number of nitrogens with zero attached hydrogens (tertiary/aromatic N) is 2. The van der Waals surface area contributed by atoms with E-state index in [2.05, 4.69) is 26.4 Å². The molecule has 250 valence electrons. The van der Waals surface area contributed by atoms with Crippen molar-refractivity contribution in [2.75, 3.05) is 0 Å². The average molecular weight is 677 g/mol. The zero-order valence-corrected chi connectivity index (χ0v) is 25.0. The molecule has 0 amide bonds. The summed E-state index contributed by atoms with van der Waals surface area (Å²) in [7, 11) is 0. The van der Waals surface area contributed by atoms with Crippen LogP contribution in [0.1, 0.15) is 37.3 Å². The van der Waals surface area contributed by atoms with Gasteiger partial charge in [-0.1, -0.05) is 44.0 Å². The molecular weight excluding hydrogens is 651 g/mol. The van der Waals surface area contributed by atoms with E-state index in [0.29, 0.717) is 35.9 Å². The Kier molecular flexibility index (Phi) is 9.97. The predicted molar refractivity (Wildman–Crippen MR) is 159 cm³/mol. The van der Waals surface area contributed by atoms with E-state index in [0.717, 1.165) is 61.6 Å². The van der Waals surface area contributed by atoms with Gasteiger partial charge < -0.3 is 9.47 Å². The summed E-state index contributed by atoms with van der Waals surface area (Å²) < 4.78 is 134. The number of ether oxygens (including phenoxy) is 2. The molecule has 4 aromatic carbocycles. The lowest BCUT2D eigenvalue weighted by molar-refractivity contribution is -0.275. The quantitative estimate of drug-likeness (QED) is 0.103. The van der Waals surface area contributed by atoms with E-state index >= 15 is 17.6 Å². The molecule has 4 nitrogen and oxygen atoms in total. The molecule has 13 heteroatoms. The Morgan fingerprint density at radius 3 is 1.77 bits per heavy atom. The van der Waals surface area contributed by atoms with Crippen LogP contribution in [0.15, 0.2) is 85.2 Å². The van der Waals surface area contributed by atoms with Crippen LogP contribution in [-0.2, 0) is 12.5 Å². The monoisotopic (exact) mass is 676 g/mol. The molecule has 0 bridgehead atoms. The van der Waals surface area contributed by atoms with E-state index in [1.54, 1.807) is 12.4 Å². The number of unbranched alkanes of at least 4 members (excludes halogenated alkanes) is 2. The van der Waals surface area contributed by atoms with Crippen molar-refractivity contribution in [2.45, 2.75) is 45.1 Å². The molecule has 1 aromatic heterocycles. The number of hydrogen-bond acceptors (Lipinski definition) is 4. The molecule has 5 aromatic rings. The molecule has 0 spiro atoms. The number of aryl methyl sites for hydroxylation is 1. The number of rotatable bonds is 11. The minimum absolute atomic E-state index is 0.0439. The summed E-state index contributed by atoms with van der Waals surface area (Å²) in [6.07, 6.45) is -2.16. The average Bonchev–Trinajstić information content (AvgIpc) is 3.01. The normalized spacial score (nSPS) is 11.9. The first-order valence-corrected chi connectivity index (χ1v) is 14.6. The molecule has 0 aliphatic carbocycles. The Morgan fingerprint density at radius 1 is 0.604 bits per heavy atom. The molecule has 5 rings (SSSR count). The maximum Gasteiger partial charge on any atom is 0.573 e. The molecule has 0 saturated carbocycles. The van der Waals surface area contributed by atoms with Crippen LogP contribution in [0, 0.1) is 23.3 Å². The Balaban J connectivity index is 1.30. The van der Waals surface area contributed by atoms with Crippen LogP contribution in [0.5, 0.6) is 11.5 Å². The van der Waals surface area contributed by atoms with Gasteiger partial charge in [0.25, 0.3) is 0 Å². The smallest absolute Gasteiger partial charge is 0.429 e. The van der Waals surface area contributed by atoms with Crippen LogP contribution in [0.2, 0.25) is 0 Å². The van der Waals surface area contributed by atoms with Gasteiger partial charge in [-0.25, -0.2) is 27.5 Å². The van der Waals surface area contributed by atoms with Crippen molar-refractivity contribution in [1.29, 1.82) is 0 Å². The van der Waals surface area contributed by atoms with Gasteiger partial charge in [-0.2, -0.15) is 8.78 Å². The highest BCUT2D eigenvalue weighted by Gasteiger charge is 2.38. The first-order valence-electron chi connectivity index (χ1n) is 14.6. The summed E-state index contributed by atoms with van der Waals surface area (Å²) in [5.74, 6) is -6.43. The van der Waals surface area contributed by atoms with Gasteiger partial charge in [0.05, 0.1) is 5.56 Å². The van der Waals surface area contributed by atoms with Crippen molar-refractivity contribution in [2.24, 2.45) is 0 Å². The topological polar surface area (TPSA) is 44.2 Å². The maximum absolute atomic E-state index is 15.1. The molecule has 0 aliphatic rings. The largest absolute Gasteiger partial charge is 0.573 e. The van der Waals surface area contributed by atoms with Gasteiger partial charge in [0.1, 0.15) is 23.2 Å². The molecule has 0 saturated heterocycles. The van der Waals surface area contributed by atoms with Crippen molar-refractivity contribution in [3.8, 4) is 45.1 Å². The van der Waals surface area contributed by atoms with Gasteiger partial charge in [0.15, 0.2) is 17.4 Å². The van der Waals surface area contributed by atoms with Gasteiger partial charge in [0.2, 0.25) is 0 Å². The zero-order valence-electron chi connectivity index (χ0n) is 25.0. The van der Waals surface area contributed by atoms with Gasteiger partial charge >= 0.3 is 12.5 Å². The summed E-state index contributed by atoms with van der Waals surface area (Å²) >= 11 is 0. The molecular formula is C35H25F9N2O2. The lowest BCUT2D eigenvalue weighted by Crippen LogP contribution is -2.23. The highest BCUT2D eigenvalue weighted by molar-refractivity contribution is 5.69. The van der Waals surface area contributed by atoms with Crippen molar-refractivity contribution in [1.82, 2.24) is 9.97 Å². The molecule has 0 unspecified atom stereocenters. The van der Waals surface area contributed by atoms with Crippen molar-refractivity contribution < 1.29 is 49.0 Å². The molecule has 0 fully saturated rings. The SMILES string of the molecule is CCCCCc1cnc(-c2ccc(-c3ccc(C(F)(F)Oc4ccc(-c5ccc(OC(F)(F)F)c(F)c5)c(F)c4)c(F)c3)c(F)c2)nc1. The fraction of sp³-hybridized carbons (Fsp3) is 0.200. The van der Waals surface area contributed by atoms with Gasteiger partial charge in [-0.15, -0.1) is 13.2 Å². The van der Waals surface area contributed by atoms with E-state index in [4.69, 9.17) is 0 Å². The summed E-state index contributed by atoms with van der Waals surface area (Å²) in [6.45, 7) is 2.10. The van der Waals surface area contributed by atoms with E-state index < -0.39 is 52.8 Å². The minimum Gasteiger partial charge on any atom is -0.429 e. The van der Waals surface area contributed by atoms with Gasteiger partial charge in [-0.3, -0.25) is 0 Å². The van der Waals surface area contributed by atoms with Crippen molar-refractivity contribution in [3.05, 3.63) is 120 Å². The highest BCUT2D eigenvalue weighted by Crippen LogP contribution is 2.38. The lowest BCUT2D eigenvalue weighted by Gasteiger charge is -2.20. The van der Waals surface area contributed by atoms with Gasteiger partial charge in [-0.05, 0) is 72.0 Å². The summed E-state index contributed by atoms with van der Waals surface area (Å²) in [6, 6.07) is 11.0. The molecule has 0 N–H and O–H groups in total. The molecule has 48 heavy (non-hydrogen) atoms. The van der Waals surface area contributed by atoms with Crippen molar-refractivity contribution >= 4 is 0 Å². The van der Waals surface area contributed by atoms with Crippen LogP contribution in [0.3, 0.4) is 0 Å². The molecule has 0 aliphatic heterocycles. The zero-order chi connectivity index (χ0) is 34.6. The van der Waals surface area contributed by atoms with Crippen LogP contribution in [0.4, 0.5) is 39.5 Å². The van der Waals surface area contributed by atoms with Crippen LogP contribution in [0.25, 0.3) is 33.6 Å². The Labute approximate surface area is 268 Å². The summed E-state index contributed by atoms with van der Waals surface area (Å²) in [5, 5.41) is 0. The van der Waals surface area contributed by atoms with Crippen molar-refractivity contribution in [3.63, 3.8) is 0 Å². The van der Waals surface area contributed by atoms with E-state index in [1.165, 1.54) is 12.1 Å². The third-order valence-corrected chi connectivity index (χ3v) is 7.25. The number of halogens is 9. The second-order valence-corrected chi connectivity index (χ2v) is 10.7. The third kappa shape index (κ3) is 8.07. The second-order valence-electron chi connectivity index (χ2n) is 10.7. The predicted octanol–water partition coefficient (Wildman–Crippen LogP) is 10.8. The van der Waals surface area contributed by atoms with Crippen LogP contribution >= 0.6 is 0 Å². The summed E-state index contributed by atoms with van der Waals surface area (Å²) in [5.41, 5.74) is -0.590.